The van der Waals surface area contributed by atoms with Gasteiger partial charge in [-0.3, -0.25) is 4.79 Å². The van der Waals surface area contributed by atoms with Crippen molar-refractivity contribution in [3.05, 3.63) is 59.3 Å². The van der Waals surface area contributed by atoms with Gasteiger partial charge in [0.1, 0.15) is 5.82 Å². The van der Waals surface area contributed by atoms with Crippen LogP contribution in [0.1, 0.15) is 47.3 Å². The van der Waals surface area contributed by atoms with E-state index in [0.717, 1.165) is 17.6 Å². The molecule has 31 heavy (non-hydrogen) atoms. The highest BCUT2D eigenvalue weighted by atomic mass is 19.1. The van der Waals surface area contributed by atoms with Crippen LogP contribution >= 0.6 is 0 Å². The van der Waals surface area contributed by atoms with E-state index in [1.807, 2.05) is 6.07 Å². The zero-order valence-electron chi connectivity index (χ0n) is 17.5. The minimum absolute atomic E-state index is 0.123. The van der Waals surface area contributed by atoms with Gasteiger partial charge in [-0.05, 0) is 54.2 Å². The van der Waals surface area contributed by atoms with Crippen molar-refractivity contribution < 1.29 is 9.18 Å². The summed E-state index contributed by atoms with van der Waals surface area (Å²) in [5.74, 6) is -0.195. The highest BCUT2D eigenvalue weighted by Gasteiger charge is 2.32. The number of nitrogens with one attached hydrogen (secondary N) is 5. The van der Waals surface area contributed by atoms with Crippen molar-refractivity contribution in [1.29, 1.82) is 5.41 Å². The summed E-state index contributed by atoms with van der Waals surface area (Å²) >= 11 is 0. The Kier molecular flexibility index (Phi) is 6.16. The molecular weight excluding hydrogens is 395 g/mol. The number of halogens is 1. The third-order valence-corrected chi connectivity index (χ3v) is 5.85. The lowest BCUT2D eigenvalue weighted by molar-refractivity contribution is 0.0947. The monoisotopic (exact) mass is 422 g/mol. The van der Waals surface area contributed by atoms with Gasteiger partial charge in [0, 0.05) is 37.8 Å². The Morgan fingerprint density at radius 2 is 2.10 bits per heavy atom. The highest BCUT2D eigenvalue weighted by molar-refractivity contribution is 6.08. The van der Waals surface area contributed by atoms with E-state index in [0.29, 0.717) is 28.3 Å². The maximum absolute atomic E-state index is 14.1. The van der Waals surface area contributed by atoms with Crippen LogP contribution in [0.3, 0.4) is 0 Å². The molecule has 0 radical (unpaired) electrons. The molecule has 1 unspecified atom stereocenters. The van der Waals surface area contributed by atoms with Gasteiger partial charge < -0.3 is 26.7 Å². The fraction of sp³-hybridized carbons (Fsp3) is 0.348. The summed E-state index contributed by atoms with van der Waals surface area (Å²) < 4.78 is 14.1. The van der Waals surface area contributed by atoms with Crippen LogP contribution in [0.4, 0.5) is 15.8 Å². The molecule has 2 aromatic rings. The van der Waals surface area contributed by atoms with Crippen molar-refractivity contribution in [2.75, 3.05) is 17.7 Å². The van der Waals surface area contributed by atoms with Crippen LogP contribution in [0.25, 0.3) is 5.57 Å². The number of carbonyl (C=O) groups excluding carboxylic acids is 1. The summed E-state index contributed by atoms with van der Waals surface area (Å²) in [6.45, 7) is 0.152. The number of hydrogen-bond acceptors (Lipinski definition) is 6. The molecule has 8 heteroatoms. The number of nitrogens with zero attached hydrogens (tertiary/aromatic N) is 1. The number of benzene rings is 1. The number of hydrogen-bond donors (Lipinski definition) is 5. The molecule has 2 aliphatic rings. The first kappa shape index (κ1) is 20.8. The van der Waals surface area contributed by atoms with Crippen molar-refractivity contribution in [2.24, 2.45) is 5.92 Å². The Labute approximate surface area is 181 Å². The van der Waals surface area contributed by atoms with E-state index < -0.39 is 5.82 Å². The molecular formula is C23H27FN6O. The highest BCUT2D eigenvalue weighted by Crippen LogP contribution is 2.37. The van der Waals surface area contributed by atoms with Crippen molar-refractivity contribution >= 4 is 29.1 Å². The summed E-state index contributed by atoms with van der Waals surface area (Å²) in [5, 5.41) is 20.1. The zero-order chi connectivity index (χ0) is 21.8. The van der Waals surface area contributed by atoms with Crippen molar-refractivity contribution in [1.82, 2.24) is 15.6 Å². The van der Waals surface area contributed by atoms with Gasteiger partial charge in [-0.15, -0.1) is 0 Å². The molecule has 1 aromatic heterocycles. The SMILES string of the molecule is CN/C=C(\C=N)c1cc(F)cc(CNC(=O)c2nccc3c2NC(C2CCCC2)N3)c1. The first-order valence-electron chi connectivity index (χ1n) is 10.6. The van der Waals surface area contributed by atoms with Gasteiger partial charge in [0.15, 0.2) is 5.69 Å². The first-order valence-corrected chi connectivity index (χ1v) is 10.6. The number of carbonyl (C=O) groups is 1. The van der Waals surface area contributed by atoms with Crippen LogP contribution in [0.2, 0.25) is 0 Å². The molecule has 162 valence electrons. The summed E-state index contributed by atoms with van der Waals surface area (Å²) in [6.07, 6.45) is 9.36. The Balaban J connectivity index is 1.47. The Morgan fingerprint density at radius 1 is 1.29 bits per heavy atom. The fourth-order valence-electron chi connectivity index (χ4n) is 4.33. The molecule has 1 aliphatic heterocycles. The van der Waals surface area contributed by atoms with Gasteiger partial charge in [0.05, 0.1) is 17.5 Å². The fourth-order valence-corrected chi connectivity index (χ4v) is 4.33. The maximum atomic E-state index is 14.1. The molecule has 1 aromatic carbocycles. The number of rotatable bonds is 7. The van der Waals surface area contributed by atoms with Crippen LogP contribution in [0, 0.1) is 17.1 Å². The zero-order valence-corrected chi connectivity index (χ0v) is 17.5. The van der Waals surface area contributed by atoms with Gasteiger partial charge in [0.2, 0.25) is 0 Å². The predicted octanol–water partition coefficient (Wildman–Crippen LogP) is 3.71. The third kappa shape index (κ3) is 4.52. The predicted molar refractivity (Wildman–Crippen MR) is 121 cm³/mol. The second kappa shape index (κ2) is 9.16. The molecule has 1 aliphatic carbocycles. The van der Waals surface area contributed by atoms with E-state index in [1.165, 1.54) is 37.8 Å². The van der Waals surface area contributed by atoms with Crippen LogP contribution in [0.5, 0.6) is 0 Å². The van der Waals surface area contributed by atoms with Crippen molar-refractivity contribution in [3.8, 4) is 0 Å². The Morgan fingerprint density at radius 3 is 2.84 bits per heavy atom. The first-order chi connectivity index (χ1) is 15.1. The number of allylic oxidation sites excluding steroid dienone is 1. The van der Waals surface area contributed by atoms with E-state index in [1.54, 1.807) is 25.5 Å². The molecule has 1 fully saturated rings. The smallest absolute Gasteiger partial charge is 0.272 e. The molecule has 0 bridgehead atoms. The second-order valence-electron chi connectivity index (χ2n) is 7.96. The quantitative estimate of drug-likeness (QED) is 0.438. The number of anilines is 2. The molecule has 2 heterocycles. The molecule has 7 nitrogen and oxygen atoms in total. The average molecular weight is 423 g/mol. The van der Waals surface area contributed by atoms with Crippen LogP contribution in [-0.4, -0.2) is 30.3 Å². The lowest BCUT2D eigenvalue weighted by atomic mass is 10.0. The summed E-state index contributed by atoms with van der Waals surface area (Å²) in [6, 6.07) is 6.38. The minimum atomic E-state index is -0.422. The molecule has 0 saturated heterocycles. The minimum Gasteiger partial charge on any atom is -0.393 e. The van der Waals surface area contributed by atoms with Gasteiger partial charge in [0.25, 0.3) is 5.91 Å². The number of amides is 1. The van der Waals surface area contributed by atoms with Gasteiger partial charge in [-0.2, -0.15) is 0 Å². The summed E-state index contributed by atoms with van der Waals surface area (Å²) in [4.78, 5) is 17.2. The lowest BCUT2D eigenvalue weighted by Crippen LogP contribution is -2.30. The molecule has 4 rings (SSSR count). The Hall–Kier alpha value is -3.42. The number of fused-ring (bicyclic) bond motifs is 1. The van der Waals surface area contributed by atoms with Crippen molar-refractivity contribution in [3.63, 3.8) is 0 Å². The van der Waals surface area contributed by atoms with Gasteiger partial charge in [-0.25, -0.2) is 9.37 Å². The van der Waals surface area contributed by atoms with Crippen LogP contribution < -0.4 is 21.3 Å². The van der Waals surface area contributed by atoms with E-state index in [-0.39, 0.29) is 18.6 Å². The lowest BCUT2D eigenvalue weighted by Gasteiger charge is -2.19. The average Bonchev–Trinajstić information content (AvgIpc) is 3.44. The second-order valence-corrected chi connectivity index (χ2v) is 7.96. The number of aromatic nitrogens is 1. The van der Waals surface area contributed by atoms with Gasteiger partial charge >= 0.3 is 0 Å². The third-order valence-electron chi connectivity index (χ3n) is 5.85. The topological polar surface area (TPSA) is 102 Å². The molecule has 1 atom stereocenters. The van der Waals surface area contributed by atoms with Crippen molar-refractivity contribution in [2.45, 2.75) is 38.4 Å². The Bertz CT molecular complexity index is 1020. The standard InChI is InChI=1S/C23H27FN6O/c1-26-13-17(11-25)16-8-14(9-18(24)10-16)12-28-23(31)21-20-19(6-7-27-21)29-22(30-20)15-4-2-3-5-15/h6-11,13,15,22,25-26,29-30H,2-5,12H2,1H3,(H,28,31)/b17-13+,25-11?. The summed E-state index contributed by atoms with van der Waals surface area (Å²) in [7, 11) is 1.72. The molecule has 0 spiro atoms. The van der Waals surface area contributed by atoms with E-state index in [9.17, 15) is 9.18 Å². The van der Waals surface area contributed by atoms with Crippen LogP contribution in [-0.2, 0) is 6.54 Å². The summed E-state index contributed by atoms with van der Waals surface area (Å²) in [5.41, 5.74) is 3.66. The molecule has 1 amide bonds. The van der Waals surface area contributed by atoms with Crippen LogP contribution in [0.15, 0.2) is 36.7 Å². The maximum Gasteiger partial charge on any atom is 0.272 e. The molecule has 1 saturated carbocycles. The largest absolute Gasteiger partial charge is 0.393 e. The normalized spacial score (nSPS) is 18.1. The van der Waals surface area contributed by atoms with E-state index in [2.05, 4.69) is 26.3 Å². The van der Waals surface area contributed by atoms with Gasteiger partial charge in [-0.1, -0.05) is 12.8 Å². The van der Waals surface area contributed by atoms with E-state index in [4.69, 9.17) is 5.41 Å². The number of pyridine rings is 1. The molecule has 5 N–H and O–H groups in total. The van der Waals surface area contributed by atoms with E-state index >= 15 is 0 Å².